The minimum atomic E-state index is -0.291. The average molecular weight is 284 g/mol. The van der Waals surface area contributed by atoms with Crippen molar-refractivity contribution in [3.63, 3.8) is 0 Å². The molecule has 1 aromatic rings. The van der Waals surface area contributed by atoms with Crippen LogP contribution in [-0.4, -0.2) is 28.8 Å². The van der Waals surface area contributed by atoms with Crippen LogP contribution in [0.25, 0.3) is 0 Å². The number of rotatable bonds is 2. The van der Waals surface area contributed by atoms with Crippen LogP contribution < -0.4 is 0 Å². The third kappa shape index (κ3) is 2.62. The van der Waals surface area contributed by atoms with E-state index in [0.29, 0.717) is 5.92 Å². The van der Waals surface area contributed by atoms with E-state index in [-0.39, 0.29) is 11.7 Å². The van der Waals surface area contributed by atoms with E-state index in [2.05, 4.69) is 0 Å². The minimum absolute atomic E-state index is 0.0758. The highest BCUT2D eigenvalue weighted by Crippen LogP contribution is 2.44. The van der Waals surface area contributed by atoms with Gasteiger partial charge < -0.3 is 9.84 Å². The van der Waals surface area contributed by atoms with Gasteiger partial charge in [-0.1, -0.05) is 6.07 Å². The number of aliphatic hydroxyl groups is 1. The Morgan fingerprint density at radius 1 is 1.39 bits per heavy atom. The lowest BCUT2D eigenvalue weighted by molar-refractivity contribution is -0.120. The molecule has 0 bridgehead atoms. The maximum Gasteiger partial charge on any atom is 0.0911 e. The van der Waals surface area contributed by atoms with Crippen molar-refractivity contribution < 1.29 is 9.84 Å². The summed E-state index contributed by atoms with van der Waals surface area (Å²) in [4.78, 5) is 1.11. The molecule has 18 heavy (non-hydrogen) atoms. The van der Waals surface area contributed by atoms with Gasteiger partial charge in [-0.3, -0.25) is 0 Å². The summed E-state index contributed by atoms with van der Waals surface area (Å²) in [5, 5.41) is 12.5. The molecule has 2 aliphatic heterocycles. The van der Waals surface area contributed by atoms with Crippen LogP contribution in [0, 0.1) is 5.92 Å². The third-order valence-electron chi connectivity index (χ3n) is 4.22. The minimum Gasteiger partial charge on any atom is -0.387 e. The second-order valence-corrected chi connectivity index (χ2v) is 7.56. The van der Waals surface area contributed by atoms with Crippen molar-refractivity contribution in [2.45, 2.75) is 37.4 Å². The van der Waals surface area contributed by atoms with Gasteiger partial charge in [-0.15, -0.1) is 11.3 Å². The van der Waals surface area contributed by atoms with Crippen LogP contribution in [0.1, 0.15) is 36.7 Å². The zero-order valence-corrected chi connectivity index (χ0v) is 12.1. The first-order valence-electron chi connectivity index (χ1n) is 6.72. The molecule has 2 fully saturated rings. The molecular weight excluding hydrogens is 264 g/mol. The highest BCUT2D eigenvalue weighted by Gasteiger charge is 2.41. The summed E-state index contributed by atoms with van der Waals surface area (Å²) in [6.45, 7) is 0.817. The molecule has 1 N–H and O–H groups in total. The summed E-state index contributed by atoms with van der Waals surface area (Å²) in [5.41, 5.74) is 0.0758. The molecule has 100 valence electrons. The van der Waals surface area contributed by atoms with Crippen LogP contribution in [0.15, 0.2) is 17.5 Å². The number of hydrogen-bond donors (Lipinski definition) is 1. The van der Waals surface area contributed by atoms with Gasteiger partial charge in [-0.05, 0) is 54.6 Å². The highest BCUT2D eigenvalue weighted by atomic mass is 32.2. The zero-order chi connectivity index (χ0) is 12.4. The molecule has 1 spiro atoms. The van der Waals surface area contributed by atoms with E-state index >= 15 is 0 Å². The van der Waals surface area contributed by atoms with Crippen LogP contribution >= 0.6 is 23.1 Å². The molecule has 0 aromatic carbocycles. The van der Waals surface area contributed by atoms with Gasteiger partial charge in [0.05, 0.1) is 11.7 Å². The van der Waals surface area contributed by atoms with Gasteiger partial charge in [-0.25, -0.2) is 0 Å². The lowest BCUT2D eigenvalue weighted by Crippen LogP contribution is -2.44. The summed E-state index contributed by atoms with van der Waals surface area (Å²) >= 11 is 3.69. The second-order valence-electron chi connectivity index (χ2n) is 5.36. The SMILES string of the molecule is OC(c1cccs1)C1CCOC2(CCSCC2)C1. The van der Waals surface area contributed by atoms with Crippen LogP contribution in [0.4, 0.5) is 0 Å². The van der Waals surface area contributed by atoms with E-state index in [4.69, 9.17) is 4.74 Å². The Labute approximate surface area is 117 Å². The van der Waals surface area contributed by atoms with Crippen molar-refractivity contribution in [1.82, 2.24) is 0 Å². The third-order valence-corrected chi connectivity index (χ3v) is 6.14. The van der Waals surface area contributed by atoms with Crippen molar-refractivity contribution in [2.24, 2.45) is 5.92 Å². The first-order valence-corrected chi connectivity index (χ1v) is 8.76. The Bertz CT molecular complexity index is 366. The lowest BCUT2D eigenvalue weighted by Gasteiger charge is -2.44. The number of ether oxygens (including phenoxy) is 1. The van der Waals surface area contributed by atoms with E-state index in [1.54, 1.807) is 11.3 Å². The zero-order valence-electron chi connectivity index (χ0n) is 10.5. The van der Waals surface area contributed by atoms with Gasteiger partial charge in [0.25, 0.3) is 0 Å². The molecular formula is C14H20O2S2. The summed E-state index contributed by atoms with van der Waals surface area (Å²) in [5.74, 6) is 2.80. The molecule has 2 nitrogen and oxygen atoms in total. The molecule has 3 rings (SSSR count). The Morgan fingerprint density at radius 2 is 2.22 bits per heavy atom. The predicted molar refractivity (Wildman–Crippen MR) is 77.2 cm³/mol. The average Bonchev–Trinajstić information content (AvgIpc) is 2.93. The molecule has 2 atom stereocenters. The molecule has 3 heterocycles. The van der Waals surface area contributed by atoms with Crippen molar-refractivity contribution >= 4 is 23.1 Å². The van der Waals surface area contributed by atoms with E-state index < -0.39 is 0 Å². The summed E-state index contributed by atoms with van der Waals surface area (Å²) in [7, 11) is 0. The molecule has 1 aromatic heterocycles. The van der Waals surface area contributed by atoms with Crippen molar-refractivity contribution in [3.8, 4) is 0 Å². The van der Waals surface area contributed by atoms with E-state index in [9.17, 15) is 5.11 Å². The van der Waals surface area contributed by atoms with Gasteiger partial charge in [-0.2, -0.15) is 11.8 Å². The van der Waals surface area contributed by atoms with Gasteiger partial charge >= 0.3 is 0 Å². The molecule has 4 heteroatoms. The number of hydrogen-bond acceptors (Lipinski definition) is 4. The fraction of sp³-hybridized carbons (Fsp3) is 0.714. The van der Waals surface area contributed by atoms with Crippen LogP contribution in [0.3, 0.4) is 0 Å². The number of thiophene rings is 1. The lowest BCUT2D eigenvalue weighted by atomic mass is 9.79. The molecule has 0 radical (unpaired) electrons. The predicted octanol–water partition coefficient (Wildman–Crippen LogP) is 3.47. The smallest absolute Gasteiger partial charge is 0.0911 e. The van der Waals surface area contributed by atoms with Crippen LogP contribution in [0.2, 0.25) is 0 Å². The second kappa shape index (κ2) is 5.53. The fourth-order valence-corrected chi connectivity index (χ4v) is 5.16. The largest absolute Gasteiger partial charge is 0.387 e. The topological polar surface area (TPSA) is 29.5 Å². The van der Waals surface area contributed by atoms with E-state index in [1.165, 1.54) is 11.5 Å². The molecule has 0 aliphatic carbocycles. The first kappa shape index (κ1) is 13.0. The van der Waals surface area contributed by atoms with Crippen LogP contribution in [0.5, 0.6) is 0 Å². The molecule has 2 aliphatic rings. The highest BCUT2D eigenvalue weighted by molar-refractivity contribution is 7.99. The standard InChI is InChI=1S/C14H20O2S2/c15-13(12-2-1-7-18-12)11-3-6-16-14(10-11)4-8-17-9-5-14/h1-2,7,11,13,15H,3-6,8-10H2. The van der Waals surface area contributed by atoms with Gasteiger partial charge in [0.15, 0.2) is 0 Å². The van der Waals surface area contributed by atoms with Gasteiger partial charge in [0, 0.05) is 11.5 Å². The summed E-state index contributed by atoms with van der Waals surface area (Å²) in [6.07, 6.45) is 4.05. The van der Waals surface area contributed by atoms with E-state index in [0.717, 1.165) is 37.2 Å². The molecule has 2 saturated heterocycles. The quantitative estimate of drug-likeness (QED) is 0.901. The summed E-state index contributed by atoms with van der Waals surface area (Å²) in [6, 6.07) is 4.07. The maximum absolute atomic E-state index is 10.5. The molecule has 0 saturated carbocycles. The fourth-order valence-electron chi connectivity index (χ4n) is 3.12. The maximum atomic E-state index is 10.5. The molecule has 2 unspecified atom stereocenters. The van der Waals surface area contributed by atoms with Crippen molar-refractivity contribution in [1.29, 1.82) is 0 Å². The normalized spacial score (nSPS) is 29.3. The number of thioether (sulfide) groups is 1. The molecule has 0 amide bonds. The van der Waals surface area contributed by atoms with Crippen molar-refractivity contribution in [3.05, 3.63) is 22.4 Å². The summed E-state index contributed by atoms with van der Waals surface area (Å²) < 4.78 is 6.08. The van der Waals surface area contributed by atoms with E-state index in [1.807, 2.05) is 29.3 Å². The van der Waals surface area contributed by atoms with Crippen molar-refractivity contribution in [2.75, 3.05) is 18.1 Å². The Balaban J connectivity index is 1.70. The van der Waals surface area contributed by atoms with Crippen LogP contribution in [-0.2, 0) is 4.74 Å². The Kier molecular flexibility index (Phi) is 3.99. The Morgan fingerprint density at radius 3 is 2.94 bits per heavy atom. The van der Waals surface area contributed by atoms with Gasteiger partial charge in [0.1, 0.15) is 0 Å². The number of aliphatic hydroxyl groups excluding tert-OH is 1. The monoisotopic (exact) mass is 284 g/mol. The Hall–Kier alpha value is -0.0300. The first-order chi connectivity index (χ1) is 8.79. The van der Waals surface area contributed by atoms with Gasteiger partial charge in [0.2, 0.25) is 0 Å².